The molecule has 43 heavy (non-hydrogen) atoms. The van der Waals surface area contributed by atoms with Crippen molar-refractivity contribution in [2.24, 2.45) is 0 Å². The lowest BCUT2D eigenvalue weighted by atomic mass is 9.88. The molecule has 6 nitrogen and oxygen atoms in total. The number of carbonyl (C=O) groups excluding carboxylic acids is 2. The highest BCUT2D eigenvalue weighted by Gasteiger charge is 2.38. The molecule has 226 valence electrons. The Bertz CT molecular complexity index is 1650. The standard InChI is InChI=1S/C33H32F4N2O4/c1-19-9-6-14-25(34)28(19)31(40)38-26(32(41)43-5)17-20-10-7-12-23-22(20)11-8-13-24(23)29-27(42-4)16-15-21(18-39(2)3)30(29)33(35,36)37/h6-16,26H,17-18H2,1-5H3,(H,38,40)/t26-/m0/s1. The predicted molar refractivity (Wildman–Crippen MR) is 156 cm³/mol. The fourth-order valence-electron chi connectivity index (χ4n) is 5.34. The Morgan fingerprint density at radius 1 is 0.907 bits per heavy atom. The number of carbonyl (C=O) groups is 2. The zero-order valence-corrected chi connectivity index (χ0v) is 24.4. The zero-order valence-electron chi connectivity index (χ0n) is 24.4. The molecule has 4 aromatic carbocycles. The van der Waals surface area contributed by atoms with Gasteiger partial charge in [-0.05, 0) is 66.2 Å². The number of nitrogens with zero attached hydrogens (tertiary/aromatic N) is 1. The summed E-state index contributed by atoms with van der Waals surface area (Å²) >= 11 is 0. The molecule has 0 heterocycles. The van der Waals surface area contributed by atoms with Gasteiger partial charge in [-0.25, -0.2) is 9.18 Å². The first kappa shape index (κ1) is 31.5. The van der Waals surface area contributed by atoms with Crippen LogP contribution in [0.25, 0.3) is 21.9 Å². The van der Waals surface area contributed by atoms with Crippen LogP contribution >= 0.6 is 0 Å². The number of nitrogens with one attached hydrogen (secondary N) is 1. The van der Waals surface area contributed by atoms with Crippen LogP contribution in [0.5, 0.6) is 5.75 Å². The summed E-state index contributed by atoms with van der Waals surface area (Å²) < 4.78 is 68.8. The maximum atomic E-state index is 14.7. The van der Waals surface area contributed by atoms with Crippen molar-refractivity contribution in [1.82, 2.24) is 10.2 Å². The molecule has 1 amide bonds. The summed E-state index contributed by atoms with van der Waals surface area (Å²) in [6, 6.07) is 16.0. The number of aryl methyl sites for hydroxylation is 1. The van der Waals surface area contributed by atoms with Gasteiger partial charge in [-0.15, -0.1) is 0 Å². The molecule has 0 spiro atoms. The van der Waals surface area contributed by atoms with Gasteiger partial charge in [0.1, 0.15) is 17.6 Å². The third-order valence-electron chi connectivity index (χ3n) is 7.19. The van der Waals surface area contributed by atoms with Crippen molar-refractivity contribution < 1.29 is 36.6 Å². The summed E-state index contributed by atoms with van der Waals surface area (Å²) in [5, 5.41) is 3.63. The lowest BCUT2D eigenvalue weighted by molar-refractivity contribution is -0.143. The second kappa shape index (κ2) is 12.8. The first-order valence-electron chi connectivity index (χ1n) is 13.4. The molecule has 0 aromatic heterocycles. The highest BCUT2D eigenvalue weighted by molar-refractivity contribution is 6.01. The molecule has 4 aromatic rings. The minimum absolute atomic E-state index is 0.0589. The fourth-order valence-corrected chi connectivity index (χ4v) is 5.34. The normalized spacial score (nSPS) is 12.3. The van der Waals surface area contributed by atoms with E-state index in [2.05, 4.69) is 5.32 Å². The Balaban J connectivity index is 1.85. The van der Waals surface area contributed by atoms with Crippen molar-refractivity contribution in [2.75, 3.05) is 28.3 Å². The van der Waals surface area contributed by atoms with Crippen LogP contribution in [0.15, 0.2) is 66.7 Å². The van der Waals surface area contributed by atoms with Crippen molar-refractivity contribution in [3.8, 4) is 16.9 Å². The van der Waals surface area contributed by atoms with Gasteiger partial charge < -0.3 is 19.7 Å². The Morgan fingerprint density at radius 3 is 2.21 bits per heavy atom. The van der Waals surface area contributed by atoms with Gasteiger partial charge in [0.2, 0.25) is 0 Å². The van der Waals surface area contributed by atoms with Crippen LogP contribution in [0.1, 0.15) is 32.6 Å². The molecule has 0 bridgehead atoms. The average molecular weight is 597 g/mol. The number of methoxy groups -OCH3 is 2. The van der Waals surface area contributed by atoms with Crippen molar-refractivity contribution in [2.45, 2.75) is 32.1 Å². The quantitative estimate of drug-likeness (QED) is 0.175. The minimum atomic E-state index is -4.68. The lowest BCUT2D eigenvalue weighted by Gasteiger charge is -2.23. The zero-order chi connectivity index (χ0) is 31.5. The number of hydrogen-bond acceptors (Lipinski definition) is 5. The summed E-state index contributed by atoms with van der Waals surface area (Å²) in [6.45, 7) is 1.64. The van der Waals surface area contributed by atoms with Crippen LogP contribution in [-0.4, -0.2) is 51.1 Å². The summed E-state index contributed by atoms with van der Waals surface area (Å²) in [5.74, 6) is -2.22. The summed E-state index contributed by atoms with van der Waals surface area (Å²) in [5.41, 5.74) is 0.270. The van der Waals surface area contributed by atoms with E-state index in [0.29, 0.717) is 27.5 Å². The monoisotopic (exact) mass is 596 g/mol. The molecular weight excluding hydrogens is 564 g/mol. The van der Waals surface area contributed by atoms with Crippen LogP contribution in [0, 0.1) is 12.7 Å². The molecule has 0 saturated heterocycles. The molecule has 10 heteroatoms. The number of hydrogen-bond donors (Lipinski definition) is 1. The smallest absolute Gasteiger partial charge is 0.417 e. The predicted octanol–water partition coefficient (Wildman–Crippen LogP) is 6.56. The van der Waals surface area contributed by atoms with E-state index in [0.717, 1.165) is 6.07 Å². The SMILES string of the molecule is COC(=O)[C@H](Cc1cccc2c(-c3c(OC)ccc(CN(C)C)c3C(F)(F)F)cccc12)NC(=O)c1c(C)cccc1F. The summed E-state index contributed by atoms with van der Waals surface area (Å²) in [4.78, 5) is 27.5. The molecule has 0 aliphatic heterocycles. The molecule has 0 saturated carbocycles. The van der Waals surface area contributed by atoms with Gasteiger partial charge in [0, 0.05) is 18.5 Å². The first-order valence-corrected chi connectivity index (χ1v) is 13.4. The van der Waals surface area contributed by atoms with Crippen molar-refractivity contribution >= 4 is 22.6 Å². The van der Waals surface area contributed by atoms with Gasteiger partial charge in [-0.1, -0.05) is 54.6 Å². The van der Waals surface area contributed by atoms with Crippen LogP contribution in [0.2, 0.25) is 0 Å². The molecule has 1 atom stereocenters. The number of benzene rings is 4. The maximum Gasteiger partial charge on any atom is 0.417 e. The van der Waals surface area contributed by atoms with Gasteiger partial charge in [0.15, 0.2) is 0 Å². The van der Waals surface area contributed by atoms with Crippen LogP contribution in [-0.2, 0) is 28.7 Å². The third kappa shape index (κ3) is 6.64. The molecule has 0 aliphatic carbocycles. The van der Waals surface area contributed by atoms with E-state index in [-0.39, 0.29) is 35.4 Å². The van der Waals surface area contributed by atoms with E-state index >= 15 is 0 Å². The van der Waals surface area contributed by atoms with E-state index in [1.165, 1.54) is 32.4 Å². The molecule has 0 aliphatic rings. The highest BCUT2D eigenvalue weighted by Crippen LogP contribution is 2.46. The average Bonchev–Trinajstić information content (AvgIpc) is 2.95. The Labute approximate surface area is 247 Å². The van der Waals surface area contributed by atoms with Crippen LogP contribution in [0.4, 0.5) is 17.6 Å². The second-order valence-electron chi connectivity index (χ2n) is 10.4. The number of alkyl halides is 3. The molecule has 1 N–H and O–H groups in total. The van der Waals surface area contributed by atoms with E-state index in [1.54, 1.807) is 68.4 Å². The Kier molecular flexibility index (Phi) is 9.40. The summed E-state index contributed by atoms with van der Waals surface area (Å²) in [7, 11) is 5.88. The number of esters is 1. The van der Waals surface area contributed by atoms with Crippen LogP contribution < -0.4 is 10.1 Å². The van der Waals surface area contributed by atoms with Crippen molar-refractivity contribution in [3.05, 3.63) is 100 Å². The minimum Gasteiger partial charge on any atom is -0.496 e. The second-order valence-corrected chi connectivity index (χ2v) is 10.4. The van der Waals surface area contributed by atoms with E-state index in [4.69, 9.17) is 9.47 Å². The largest absolute Gasteiger partial charge is 0.496 e. The number of amides is 1. The van der Waals surface area contributed by atoms with Gasteiger partial charge in [-0.2, -0.15) is 13.2 Å². The number of rotatable bonds is 9. The van der Waals surface area contributed by atoms with Gasteiger partial charge in [0.25, 0.3) is 5.91 Å². The van der Waals surface area contributed by atoms with Crippen molar-refractivity contribution in [3.63, 3.8) is 0 Å². The van der Waals surface area contributed by atoms with Gasteiger partial charge in [-0.3, -0.25) is 4.79 Å². The fraction of sp³-hybridized carbons (Fsp3) is 0.273. The van der Waals surface area contributed by atoms with E-state index in [9.17, 15) is 27.2 Å². The number of fused-ring (bicyclic) bond motifs is 1. The molecule has 4 rings (SSSR count). The van der Waals surface area contributed by atoms with Gasteiger partial charge >= 0.3 is 12.1 Å². The number of ether oxygens (including phenoxy) is 2. The molecular formula is C33H32F4N2O4. The maximum absolute atomic E-state index is 14.7. The van der Waals surface area contributed by atoms with Crippen LogP contribution in [0.3, 0.4) is 0 Å². The topological polar surface area (TPSA) is 67.9 Å². The Hall–Kier alpha value is -4.44. The third-order valence-corrected chi connectivity index (χ3v) is 7.19. The van der Waals surface area contributed by atoms with E-state index < -0.39 is 35.5 Å². The van der Waals surface area contributed by atoms with Gasteiger partial charge in [0.05, 0.1) is 25.3 Å². The first-order chi connectivity index (χ1) is 20.4. The summed E-state index contributed by atoms with van der Waals surface area (Å²) in [6.07, 6.45) is -4.74. The van der Waals surface area contributed by atoms with Crippen molar-refractivity contribution in [1.29, 1.82) is 0 Å². The number of halogens is 4. The molecule has 0 unspecified atom stereocenters. The highest BCUT2D eigenvalue weighted by atomic mass is 19.4. The lowest BCUT2D eigenvalue weighted by Crippen LogP contribution is -2.43. The van der Waals surface area contributed by atoms with E-state index in [1.807, 2.05) is 0 Å². The Morgan fingerprint density at radius 2 is 1.58 bits per heavy atom. The molecule has 0 radical (unpaired) electrons. The molecule has 0 fully saturated rings.